The number of rotatable bonds is 6. The lowest BCUT2D eigenvalue weighted by Gasteiger charge is -2.34. The smallest absolute Gasteiger partial charge is 0.225 e. The highest BCUT2D eigenvalue weighted by molar-refractivity contribution is 5.79. The molecule has 2 heterocycles. The molecule has 0 spiro atoms. The summed E-state index contributed by atoms with van der Waals surface area (Å²) in [5, 5.41) is 3.10. The molecule has 2 fully saturated rings. The fraction of sp³-hybridized carbons (Fsp3) is 0.706. The first-order chi connectivity index (χ1) is 11.8. The van der Waals surface area contributed by atoms with E-state index in [0.29, 0.717) is 19.0 Å². The highest BCUT2D eigenvalue weighted by Gasteiger charge is 2.31. The summed E-state index contributed by atoms with van der Waals surface area (Å²) in [4.78, 5) is 25.5. The van der Waals surface area contributed by atoms with E-state index in [1.165, 1.54) is 0 Å². The van der Waals surface area contributed by atoms with Crippen LogP contribution in [0.15, 0.2) is 18.5 Å². The Kier molecular flexibility index (Phi) is 5.98. The minimum Gasteiger partial charge on any atom is -0.355 e. The molecule has 1 aromatic heterocycles. The number of hydrogen-bond acceptors (Lipinski definition) is 6. The van der Waals surface area contributed by atoms with Gasteiger partial charge in [0.25, 0.3) is 0 Å². The molecule has 2 aliphatic rings. The molecule has 0 bridgehead atoms. The summed E-state index contributed by atoms with van der Waals surface area (Å²) < 4.78 is 0. The Morgan fingerprint density at radius 1 is 1.21 bits per heavy atom. The average molecular weight is 332 g/mol. The van der Waals surface area contributed by atoms with E-state index in [9.17, 15) is 4.79 Å². The molecule has 1 saturated heterocycles. The molecule has 2 atom stereocenters. The molecule has 7 heteroatoms. The van der Waals surface area contributed by atoms with Crippen LogP contribution in [0.1, 0.15) is 19.3 Å². The SMILES string of the molecule is NC[C@H]1CCC[C@H]1C(=O)NCCN1CCN(c2ncccn2)CC1. The molecule has 3 rings (SSSR count). The molecule has 1 aliphatic heterocycles. The van der Waals surface area contributed by atoms with Gasteiger partial charge in [-0.3, -0.25) is 9.69 Å². The number of nitrogens with zero attached hydrogens (tertiary/aromatic N) is 4. The van der Waals surface area contributed by atoms with Gasteiger partial charge in [0, 0.05) is 57.6 Å². The molecule has 0 aromatic carbocycles. The zero-order valence-corrected chi connectivity index (χ0v) is 14.2. The predicted octanol–water partition coefficient (Wildman–Crippen LogP) is 0.0898. The van der Waals surface area contributed by atoms with Crippen molar-refractivity contribution in [2.45, 2.75) is 19.3 Å². The van der Waals surface area contributed by atoms with Crippen LogP contribution in [0.2, 0.25) is 0 Å². The standard InChI is InChI=1S/C17H28N6O/c18-13-14-3-1-4-15(14)16(24)19-7-8-22-9-11-23(12-10-22)17-20-5-2-6-21-17/h2,5-6,14-15H,1,3-4,7-13,18H2,(H,19,24)/t14-,15-/m1/s1. The lowest BCUT2D eigenvalue weighted by atomic mass is 9.95. The number of nitrogens with two attached hydrogens (primary N) is 1. The summed E-state index contributed by atoms with van der Waals surface area (Å²) in [6.07, 6.45) is 6.77. The van der Waals surface area contributed by atoms with Crippen LogP contribution >= 0.6 is 0 Å². The predicted molar refractivity (Wildman–Crippen MR) is 93.6 cm³/mol. The average Bonchev–Trinajstić information content (AvgIpc) is 3.12. The third kappa shape index (κ3) is 4.21. The normalized spacial score (nSPS) is 25.0. The molecule has 7 nitrogen and oxygen atoms in total. The van der Waals surface area contributed by atoms with Crippen molar-refractivity contribution in [2.24, 2.45) is 17.6 Å². The van der Waals surface area contributed by atoms with E-state index in [0.717, 1.165) is 57.9 Å². The largest absolute Gasteiger partial charge is 0.355 e. The van der Waals surface area contributed by atoms with Gasteiger partial charge in [0.15, 0.2) is 0 Å². The van der Waals surface area contributed by atoms with Crippen LogP contribution in [0.4, 0.5) is 5.95 Å². The molecule has 1 aliphatic carbocycles. The van der Waals surface area contributed by atoms with Gasteiger partial charge in [-0.1, -0.05) is 6.42 Å². The van der Waals surface area contributed by atoms with Crippen LogP contribution in [-0.2, 0) is 4.79 Å². The molecule has 1 aromatic rings. The van der Waals surface area contributed by atoms with Crippen molar-refractivity contribution in [3.8, 4) is 0 Å². The minimum atomic E-state index is 0.127. The van der Waals surface area contributed by atoms with E-state index in [2.05, 4.69) is 25.1 Å². The van der Waals surface area contributed by atoms with Crippen LogP contribution in [-0.4, -0.2) is 66.6 Å². The van der Waals surface area contributed by atoms with Gasteiger partial charge in [0.1, 0.15) is 0 Å². The maximum Gasteiger partial charge on any atom is 0.225 e. The van der Waals surface area contributed by atoms with Crippen molar-refractivity contribution in [3.05, 3.63) is 18.5 Å². The van der Waals surface area contributed by atoms with Gasteiger partial charge in [-0.05, 0) is 31.4 Å². The lowest BCUT2D eigenvalue weighted by molar-refractivity contribution is -0.126. The number of carbonyl (C=O) groups excluding carboxylic acids is 1. The molecular formula is C17H28N6O. The Balaban J connectivity index is 1.36. The first-order valence-corrected chi connectivity index (χ1v) is 9.00. The van der Waals surface area contributed by atoms with E-state index >= 15 is 0 Å². The summed E-state index contributed by atoms with van der Waals surface area (Å²) >= 11 is 0. The van der Waals surface area contributed by atoms with Gasteiger partial charge in [-0.2, -0.15) is 0 Å². The zero-order chi connectivity index (χ0) is 16.8. The highest BCUT2D eigenvalue weighted by atomic mass is 16.1. The van der Waals surface area contributed by atoms with Gasteiger partial charge in [-0.25, -0.2) is 9.97 Å². The number of hydrogen-bond donors (Lipinski definition) is 2. The Hall–Kier alpha value is -1.73. The number of aromatic nitrogens is 2. The monoisotopic (exact) mass is 332 g/mol. The maximum absolute atomic E-state index is 12.3. The van der Waals surface area contributed by atoms with Crippen LogP contribution in [0.25, 0.3) is 0 Å². The molecule has 0 radical (unpaired) electrons. The van der Waals surface area contributed by atoms with Crippen LogP contribution in [0.5, 0.6) is 0 Å². The van der Waals surface area contributed by atoms with E-state index in [1.54, 1.807) is 12.4 Å². The van der Waals surface area contributed by atoms with Gasteiger partial charge < -0.3 is 16.0 Å². The zero-order valence-electron chi connectivity index (χ0n) is 14.2. The van der Waals surface area contributed by atoms with Crippen molar-refractivity contribution in [1.82, 2.24) is 20.2 Å². The number of nitrogens with one attached hydrogen (secondary N) is 1. The number of amides is 1. The van der Waals surface area contributed by atoms with E-state index in [-0.39, 0.29) is 11.8 Å². The molecule has 1 amide bonds. The van der Waals surface area contributed by atoms with Gasteiger partial charge in [-0.15, -0.1) is 0 Å². The lowest BCUT2D eigenvalue weighted by Crippen LogP contribution is -2.49. The number of piperazine rings is 1. The van der Waals surface area contributed by atoms with Crippen molar-refractivity contribution >= 4 is 11.9 Å². The summed E-state index contributed by atoms with van der Waals surface area (Å²) in [5.41, 5.74) is 5.77. The molecule has 3 N–H and O–H groups in total. The van der Waals surface area contributed by atoms with Gasteiger partial charge >= 0.3 is 0 Å². The van der Waals surface area contributed by atoms with Crippen LogP contribution < -0.4 is 16.0 Å². The Bertz CT molecular complexity index is 517. The third-order valence-electron chi connectivity index (χ3n) is 5.23. The van der Waals surface area contributed by atoms with E-state index in [1.807, 2.05) is 6.07 Å². The number of anilines is 1. The Morgan fingerprint density at radius 3 is 2.67 bits per heavy atom. The molecule has 24 heavy (non-hydrogen) atoms. The molecule has 132 valence electrons. The third-order valence-corrected chi connectivity index (χ3v) is 5.23. The van der Waals surface area contributed by atoms with Gasteiger partial charge in [0.2, 0.25) is 11.9 Å². The second-order valence-corrected chi connectivity index (χ2v) is 6.70. The van der Waals surface area contributed by atoms with E-state index in [4.69, 9.17) is 5.73 Å². The maximum atomic E-state index is 12.3. The van der Waals surface area contributed by atoms with Gasteiger partial charge in [0.05, 0.1) is 0 Å². The minimum absolute atomic E-state index is 0.127. The van der Waals surface area contributed by atoms with E-state index < -0.39 is 0 Å². The topological polar surface area (TPSA) is 87.4 Å². The van der Waals surface area contributed by atoms with Crippen molar-refractivity contribution in [3.63, 3.8) is 0 Å². The fourth-order valence-electron chi connectivity index (χ4n) is 3.76. The summed E-state index contributed by atoms with van der Waals surface area (Å²) in [7, 11) is 0. The summed E-state index contributed by atoms with van der Waals surface area (Å²) in [6.45, 7) is 6.04. The number of carbonyl (C=O) groups is 1. The molecule has 0 unspecified atom stereocenters. The summed E-state index contributed by atoms with van der Waals surface area (Å²) in [6, 6.07) is 1.84. The Morgan fingerprint density at radius 2 is 1.96 bits per heavy atom. The fourth-order valence-corrected chi connectivity index (χ4v) is 3.76. The van der Waals surface area contributed by atoms with Crippen molar-refractivity contribution in [1.29, 1.82) is 0 Å². The molecule has 1 saturated carbocycles. The van der Waals surface area contributed by atoms with Crippen molar-refractivity contribution < 1.29 is 4.79 Å². The van der Waals surface area contributed by atoms with Crippen molar-refractivity contribution in [2.75, 3.05) is 50.7 Å². The first-order valence-electron chi connectivity index (χ1n) is 9.00. The second kappa shape index (κ2) is 8.39. The van der Waals surface area contributed by atoms with Crippen LogP contribution in [0, 0.1) is 11.8 Å². The van der Waals surface area contributed by atoms with Crippen LogP contribution in [0.3, 0.4) is 0 Å². The summed E-state index contributed by atoms with van der Waals surface area (Å²) in [5.74, 6) is 1.50. The molecular weight excluding hydrogens is 304 g/mol. The highest BCUT2D eigenvalue weighted by Crippen LogP contribution is 2.30. The quantitative estimate of drug-likeness (QED) is 0.768. The first kappa shape index (κ1) is 17.1. The second-order valence-electron chi connectivity index (χ2n) is 6.70. The Labute approximate surface area is 143 Å².